The topological polar surface area (TPSA) is 87.7 Å². The van der Waals surface area contributed by atoms with Crippen LogP contribution >= 0.6 is 0 Å². The summed E-state index contributed by atoms with van der Waals surface area (Å²) in [5.41, 5.74) is 1.07. The Labute approximate surface area is 92.2 Å². The highest BCUT2D eigenvalue weighted by Crippen LogP contribution is 2.05. The highest BCUT2D eigenvalue weighted by atomic mass is 17.1. The van der Waals surface area contributed by atoms with E-state index in [0.29, 0.717) is 5.56 Å². The van der Waals surface area contributed by atoms with Gasteiger partial charge in [0.25, 0.3) is 5.91 Å². The molecule has 86 valence electrons. The number of nitrogens with one attached hydrogen (secondary N) is 2. The predicted octanol–water partition coefficient (Wildman–Crippen LogP) is 0.745. The van der Waals surface area contributed by atoms with Crippen LogP contribution in [0.15, 0.2) is 24.3 Å². The molecule has 3 N–H and O–H groups in total. The summed E-state index contributed by atoms with van der Waals surface area (Å²) >= 11 is 0. The normalized spacial score (nSPS) is 9.62. The first-order valence-electron chi connectivity index (χ1n) is 4.55. The minimum absolute atomic E-state index is 0.0529. The third-order valence-electron chi connectivity index (χ3n) is 1.90. The molecular weight excluding hydrogens is 212 g/mol. The van der Waals surface area contributed by atoms with Crippen molar-refractivity contribution in [1.29, 1.82) is 0 Å². The molecule has 1 aromatic carbocycles. The monoisotopic (exact) mass is 224 g/mol. The van der Waals surface area contributed by atoms with Gasteiger partial charge < -0.3 is 5.32 Å². The number of amides is 3. The Morgan fingerprint density at radius 1 is 1.31 bits per heavy atom. The number of imide groups is 1. The van der Waals surface area contributed by atoms with E-state index < -0.39 is 11.9 Å². The van der Waals surface area contributed by atoms with Gasteiger partial charge in [0, 0.05) is 12.6 Å². The van der Waals surface area contributed by atoms with Gasteiger partial charge in [0.2, 0.25) is 0 Å². The van der Waals surface area contributed by atoms with Gasteiger partial charge in [0.05, 0.1) is 0 Å². The third-order valence-corrected chi connectivity index (χ3v) is 1.90. The van der Waals surface area contributed by atoms with Crippen LogP contribution in [-0.4, -0.2) is 24.2 Å². The smallest absolute Gasteiger partial charge is 0.321 e. The SMILES string of the molecule is CNC(=O)NC(=O)c1ccc(COO)cc1. The fourth-order valence-electron chi connectivity index (χ4n) is 1.06. The lowest BCUT2D eigenvalue weighted by atomic mass is 10.1. The Morgan fingerprint density at radius 3 is 2.44 bits per heavy atom. The number of hydrogen-bond acceptors (Lipinski definition) is 4. The fraction of sp³-hybridized carbons (Fsp3) is 0.200. The minimum atomic E-state index is -0.562. The summed E-state index contributed by atoms with van der Waals surface area (Å²) in [6.45, 7) is 0.0529. The molecule has 0 fully saturated rings. The quantitative estimate of drug-likeness (QED) is 0.522. The van der Waals surface area contributed by atoms with Crippen LogP contribution in [0.2, 0.25) is 0 Å². The van der Waals surface area contributed by atoms with Gasteiger partial charge in [0.15, 0.2) is 0 Å². The van der Waals surface area contributed by atoms with Gasteiger partial charge in [-0.15, -0.1) is 0 Å². The van der Waals surface area contributed by atoms with Crippen molar-refractivity contribution in [3.05, 3.63) is 35.4 Å². The molecule has 0 aliphatic rings. The van der Waals surface area contributed by atoms with Gasteiger partial charge in [0.1, 0.15) is 6.61 Å². The van der Waals surface area contributed by atoms with Crippen LogP contribution in [0.1, 0.15) is 15.9 Å². The molecule has 0 radical (unpaired) electrons. The standard InChI is InChI=1S/C10H12N2O4/c1-11-10(14)12-9(13)8-4-2-7(3-5-8)6-16-15/h2-5,15H,6H2,1H3,(H2,11,12,13,14). The second kappa shape index (κ2) is 5.84. The second-order valence-electron chi connectivity index (χ2n) is 3.00. The van der Waals surface area contributed by atoms with Gasteiger partial charge in [-0.25, -0.2) is 9.68 Å². The molecule has 0 aliphatic heterocycles. The van der Waals surface area contributed by atoms with Crippen molar-refractivity contribution in [2.45, 2.75) is 6.61 Å². The Balaban J connectivity index is 2.66. The molecule has 0 bridgehead atoms. The van der Waals surface area contributed by atoms with Crippen LogP contribution in [0.5, 0.6) is 0 Å². The summed E-state index contributed by atoms with van der Waals surface area (Å²) < 4.78 is 0. The molecule has 0 heterocycles. The zero-order chi connectivity index (χ0) is 12.0. The number of hydrogen-bond donors (Lipinski definition) is 3. The zero-order valence-electron chi connectivity index (χ0n) is 8.69. The summed E-state index contributed by atoms with van der Waals surface area (Å²) in [6.07, 6.45) is 0. The van der Waals surface area contributed by atoms with Crippen LogP contribution in [-0.2, 0) is 11.5 Å². The van der Waals surface area contributed by atoms with Crippen LogP contribution in [0.4, 0.5) is 4.79 Å². The van der Waals surface area contributed by atoms with E-state index in [0.717, 1.165) is 5.56 Å². The van der Waals surface area contributed by atoms with Crippen LogP contribution in [0.25, 0.3) is 0 Å². The van der Waals surface area contributed by atoms with Crippen molar-refractivity contribution >= 4 is 11.9 Å². The lowest BCUT2D eigenvalue weighted by Crippen LogP contribution is -2.37. The Morgan fingerprint density at radius 2 is 1.94 bits per heavy atom. The molecule has 3 amide bonds. The largest absolute Gasteiger partial charge is 0.341 e. The van der Waals surface area contributed by atoms with Gasteiger partial charge in [-0.1, -0.05) is 12.1 Å². The first-order chi connectivity index (χ1) is 7.67. The van der Waals surface area contributed by atoms with Crippen LogP contribution in [0, 0.1) is 0 Å². The van der Waals surface area contributed by atoms with Gasteiger partial charge >= 0.3 is 6.03 Å². The minimum Gasteiger partial charge on any atom is -0.341 e. The summed E-state index contributed by atoms with van der Waals surface area (Å²) in [4.78, 5) is 26.2. The van der Waals surface area contributed by atoms with E-state index in [4.69, 9.17) is 5.26 Å². The molecule has 6 heteroatoms. The van der Waals surface area contributed by atoms with Gasteiger partial charge in [-0.05, 0) is 17.7 Å². The molecule has 1 aromatic rings. The van der Waals surface area contributed by atoms with E-state index in [1.54, 1.807) is 12.1 Å². The van der Waals surface area contributed by atoms with E-state index in [1.807, 2.05) is 0 Å². The average Bonchev–Trinajstić information content (AvgIpc) is 2.30. The Bertz CT molecular complexity index is 375. The number of carbonyl (C=O) groups is 2. The first-order valence-corrected chi connectivity index (χ1v) is 4.55. The van der Waals surface area contributed by atoms with Crippen LogP contribution in [0.3, 0.4) is 0 Å². The molecule has 0 saturated heterocycles. The molecule has 0 saturated carbocycles. The van der Waals surface area contributed by atoms with E-state index in [-0.39, 0.29) is 6.61 Å². The highest BCUT2D eigenvalue weighted by molar-refractivity contribution is 6.04. The van der Waals surface area contributed by atoms with Crippen molar-refractivity contribution < 1.29 is 19.7 Å². The number of benzene rings is 1. The van der Waals surface area contributed by atoms with E-state index in [1.165, 1.54) is 19.2 Å². The van der Waals surface area contributed by atoms with Crippen molar-refractivity contribution in [2.24, 2.45) is 0 Å². The van der Waals surface area contributed by atoms with E-state index in [9.17, 15) is 9.59 Å². The predicted molar refractivity (Wildman–Crippen MR) is 55.8 cm³/mol. The third kappa shape index (κ3) is 3.34. The summed E-state index contributed by atoms with van der Waals surface area (Å²) in [5, 5.41) is 12.6. The lowest BCUT2D eigenvalue weighted by molar-refractivity contribution is -0.253. The molecule has 16 heavy (non-hydrogen) atoms. The van der Waals surface area contributed by atoms with Crippen molar-refractivity contribution in [3.63, 3.8) is 0 Å². The molecule has 1 rings (SSSR count). The molecule has 0 atom stereocenters. The maximum absolute atomic E-state index is 11.4. The maximum atomic E-state index is 11.4. The van der Waals surface area contributed by atoms with Crippen LogP contribution < -0.4 is 10.6 Å². The van der Waals surface area contributed by atoms with E-state index in [2.05, 4.69) is 15.5 Å². The van der Waals surface area contributed by atoms with Gasteiger partial charge in [-0.2, -0.15) is 0 Å². The van der Waals surface area contributed by atoms with Crippen molar-refractivity contribution in [2.75, 3.05) is 7.05 Å². The van der Waals surface area contributed by atoms with E-state index >= 15 is 0 Å². The highest BCUT2D eigenvalue weighted by Gasteiger charge is 2.08. The molecule has 0 aliphatic carbocycles. The molecule has 0 aromatic heterocycles. The molecule has 0 spiro atoms. The zero-order valence-corrected chi connectivity index (χ0v) is 8.69. The van der Waals surface area contributed by atoms with Crippen molar-refractivity contribution in [3.8, 4) is 0 Å². The fourth-order valence-corrected chi connectivity index (χ4v) is 1.06. The maximum Gasteiger partial charge on any atom is 0.321 e. The van der Waals surface area contributed by atoms with Crippen molar-refractivity contribution in [1.82, 2.24) is 10.6 Å². The Kier molecular flexibility index (Phi) is 4.43. The summed E-state index contributed by atoms with van der Waals surface area (Å²) in [7, 11) is 1.42. The number of rotatable bonds is 3. The molecule has 6 nitrogen and oxygen atoms in total. The second-order valence-corrected chi connectivity index (χ2v) is 3.00. The molecular formula is C10H12N2O4. The number of carbonyl (C=O) groups excluding carboxylic acids is 2. The summed E-state index contributed by atoms with van der Waals surface area (Å²) in [6, 6.07) is 5.75. The number of urea groups is 1. The van der Waals surface area contributed by atoms with Gasteiger partial charge in [-0.3, -0.25) is 15.4 Å². The molecule has 0 unspecified atom stereocenters. The Hall–Kier alpha value is -1.92. The average molecular weight is 224 g/mol. The first kappa shape index (κ1) is 12.2. The summed E-state index contributed by atoms with van der Waals surface area (Å²) in [5.74, 6) is -0.490. The lowest BCUT2D eigenvalue weighted by Gasteiger charge is -2.04.